The number of ether oxygens (including phenoxy) is 1. The average Bonchev–Trinajstić information content (AvgIpc) is 2.69. The predicted octanol–water partition coefficient (Wildman–Crippen LogP) is 1.03. The first kappa shape index (κ1) is 16.3. The van der Waals surface area contributed by atoms with Crippen LogP contribution >= 0.6 is 11.8 Å². The van der Waals surface area contributed by atoms with E-state index >= 15 is 0 Å². The lowest BCUT2D eigenvalue weighted by Gasteiger charge is -2.22. The van der Waals surface area contributed by atoms with Crippen molar-refractivity contribution in [1.29, 1.82) is 0 Å². The highest BCUT2D eigenvalue weighted by Gasteiger charge is 2.33. The Morgan fingerprint density at radius 1 is 1.50 bits per heavy atom. The third-order valence-electron chi connectivity index (χ3n) is 3.52. The molecule has 2 unspecified atom stereocenters. The Hall–Kier alpha value is 0.220. The second kappa shape index (κ2) is 8.40. The molecule has 1 rings (SSSR count). The van der Waals surface area contributed by atoms with Gasteiger partial charge >= 0.3 is 0 Å². The zero-order valence-electron chi connectivity index (χ0n) is 11.4. The predicted molar refractivity (Wildman–Crippen MR) is 78.0 cm³/mol. The summed E-state index contributed by atoms with van der Waals surface area (Å²) in [7, 11) is -1.07. The normalized spacial score (nSPS) is 24.2. The lowest BCUT2D eigenvalue weighted by atomic mass is 9.89. The van der Waals surface area contributed by atoms with E-state index in [1.807, 2.05) is 11.8 Å². The highest BCUT2D eigenvalue weighted by molar-refractivity contribution is 7.98. The number of hydrogen-bond donors (Lipinski definition) is 1. The van der Waals surface area contributed by atoms with E-state index in [0.29, 0.717) is 29.9 Å². The van der Waals surface area contributed by atoms with Crippen molar-refractivity contribution in [3.63, 3.8) is 0 Å². The number of hydrogen-bond acceptors (Lipinski definition) is 5. The zero-order valence-corrected chi connectivity index (χ0v) is 13.0. The molecule has 1 heterocycles. The second-order valence-electron chi connectivity index (χ2n) is 4.90. The van der Waals surface area contributed by atoms with Crippen LogP contribution in [0.4, 0.5) is 0 Å². The molecule has 0 aromatic rings. The molecule has 18 heavy (non-hydrogen) atoms. The van der Waals surface area contributed by atoms with Crippen LogP contribution in [-0.4, -0.2) is 58.7 Å². The van der Waals surface area contributed by atoms with Gasteiger partial charge in [0.05, 0.1) is 18.1 Å². The van der Waals surface area contributed by atoms with Gasteiger partial charge in [-0.25, -0.2) is 8.42 Å². The third-order valence-corrected chi connectivity index (χ3v) is 5.95. The van der Waals surface area contributed by atoms with Crippen molar-refractivity contribution in [2.24, 2.45) is 11.8 Å². The molecule has 0 amide bonds. The summed E-state index contributed by atoms with van der Waals surface area (Å²) in [5, 5.41) is 3.37. The molecule has 0 aliphatic carbocycles. The van der Waals surface area contributed by atoms with Crippen molar-refractivity contribution in [3.05, 3.63) is 0 Å². The van der Waals surface area contributed by atoms with Crippen LogP contribution < -0.4 is 5.32 Å². The minimum Gasteiger partial charge on any atom is -0.383 e. The maximum Gasteiger partial charge on any atom is 0.150 e. The van der Waals surface area contributed by atoms with Crippen LogP contribution in [0.25, 0.3) is 0 Å². The molecule has 6 heteroatoms. The lowest BCUT2D eigenvalue weighted by molar-refractivity contribution is 0.195. The number of nitrogens with one attached hydrogen (secondary N) is 1. The summed E-state index contributed by atoms with van der Waals surface area (Å²) in [5.74, 6) is 2.69. The molecular weight excluding hydrogens is 270 g/mol. The summed E-state index contributed by atoms with van der Waals surface area (Å²) in [6.45, 7) is 2.45. The molecule has 1 N–H and O–H groups in total. The Kier molecular flexibility index (Phi) is 7.60. The molecule has 0 radical (unpaired) electrons. The molecule has 0 aromatic carbocycles. The van der Waals surface area contributed by atoms with Gasteiger partial charge in [0, 0.05) is 13.7 Å². The molecule has 2 atom stereocenters. The largest absolute Gasteiger partial charge is 0.383 e. The number of thioether (sulfide) groups is 1. The molecule has 1 aliphatic rings. The van der Waals surface area contributed by atoms with Crippen LogP contribution in [0.1, 0.15) is 12.8 Å². The van der Waals surface area contributed by atoms with Gasteiger partial charge in [-0.3, -0.25) is 0 Å². The first-order chi connectivity index (χ1) is 8.59. The van der Waals surface area contributed by atoms with Crippen molar-refractivity contribution in [2.75, 3.05) is 50.3 Å². The maximum atomic E-state index is 11.5. The zero-order chi connectivity index (χ0) is 13.4. The minimum atomic E-state index is -2.76. The summed E-state index contributed by atoms with van der Waals surface area (Å²) in [4.78, 5) is 0. The van der Waals surface area contributed by atoms with Gasteiger partial charge in [-0.1, -0.05) is 0 Å². The summed E-state index contributed by atoms with van der Waals surface area (Å²) in [6, 6.07) is 0. The van der Waals surface area contributed by atoms with Gasteiger partial charge < -0.3 is 10.1 Å². The van der Waals surface area contributed by atoms with Gasteiger partial charge in [0.1, 0.15) is 0 Å². The molecule has 0 aromatic heterocycles. The van der Waals surface area contributed by atoms with Crippen molar-refractivity contribution in [3.8, 4) is 0 Å². The summed E-state index contributed by atoms with van der Waals surface area (Å²) in [5.41, 5.74) is 0. The van der Waals surface area contributed by atoms with E-state index in [9.17, 15) is 8.42 Å². The Labute approximate surface area is 115 Å². The van der Waals surface area contributed by atoms with E-state index in [2.05, 4.69) is 11.6 Å². The summed E-state index contributed by atoms with van der Waals surface area (Å²) in [6.07, 6.45) is 4.04. The number of methoxy groups -OCH3 is 1. The first-order valence-electron chi connectivity index (χ1n) is 6.48. The second-order valence-corrected chi connectivity index (χ2v) is 8.12. The Morgan fingerprint density at radius 3 is 2.83 bits per heavy atom. The fourth-order valence-corrected chi connectivity index (χ4v) is 4.89. The van der Waals surface area contributed by atoms with Crippen LogP contribution in [0.5, 0.6) is 0 Å². The molecule has 1 saturated heterocycles. The van der Waals surface area contributed by atoms with Gasteiger partial charge in [-0.15, -0.1) is 0 Å². The van der Waals surface area contributed by atoms with Crippen LogP contribution in [0.2, 0.25) is 0 Å². The van der Waals surface area contributed by atoms with Crippen molar-refractivity contribution < 1.29 is 13.2 Å². The number of rotatable bonds is 9. The van der Waals surface area contributed by atoms with Gasteiger partial charge in [-0.2, -0.15) is 11.8 Å². The van der Waals surface area contributed by atoms with Crippen LogP contribution in [0.15, 0.2) is 0 Å². The highest BCUT2D eigenvalue weighted by atomic mass is 32.2. The van der Waals surface area contributed by atoms with E-state index in [0.717, 1.165) is 31.7 Å². The molecule has 4 nitrogen and oxygen atoms in total. The molecule has 1 fully saturated rings. The van der Waals surface area contributed by atoms with E-state index in [4.69, 9.17) is 4.74 Å². The first-order valence-corrected chi connectivity index (χ1v) is 9.69. The van der Waals surface area contributed by atoms with Crippen molar-refractivity contribution in [2.45, 2.75) is 12.8 Å². The standard InChI is InChI=1S/C12H25NO3S2/c1-16-6-5-13-9-11(3-7-17-2)12-4-8-18(14,15)10-12/h11-13H,3-10H2,1-2H3. The molecule has 1 aliphatic heterocycles. The molecule has 0 spiro atoms. The lowest BCUT2D eigenvalue weighted by Crippen LogP contribution is -2.31. The SMILES string of the molecule is COCCNCC(CCSC)C1CCS(=O)(=O)C1. The maximum absolute atomic E-state index is 11.5. The van der Waals surface area contributed by atoms with Gasteiger partial charge in [0.2, 0.25) is 0 Å². The fourth-order valence-electron chi connectivity index (χ4n) is 2.43. The quantitative estimate of drug-likeness (QED) is 0.644. The average molecular weight is 295 g/mol. The van der Waals surface area contributed by atoms with Crippen LogP contribution in [0, 0.1) is 11.8 Å². The Bertz CT molecular complexity index is 319. The van der Waals surface area contributed by atoms with Crippen molar-refractivity contribution >= 4 is 21.6 Å². The minimum absolute atomic E-state index is 0.345. The topological polar surface area (TPSA) is 55.4 Å². The van der Waals surface area contributed by atoms with Crippen molar-refractivity contribution in [1.82, 2.24) is 5.32 Å². The number of sulfone groups is 1. The molecule has 108 valence electrons. The summed E-state index contributed by atoms with van der Waals surface area (Å²) >= 11 is 1.83. The Balaban J connectivity index is 2.40. The fraction of sp³-hybridized carbons (Fsp3) is 1.00. The third kappa shape index (κ3) is 5.91. The van der Waals surface area contributed by atoms with E-state index in [-0.39, 0.29) is 0 Å². The van der Waals surface area contributed by atoms with Gasteiger partial charge in [0.15, 0.2) is 9.84 Å². The van der Waals surface area contributed by atoms with Gasteiger partial charge in [0.25, 0.3) is 0 Å². The van der Waals surface area contributed by atoms with Crippen LogP contribution in [0.3, 0.4) is 0 Å². The van der Waals surface area contributed by atoms with E-state index in [1.54, 1.807) is 7.11 Å². The molecule has 0 bridgehead atoms. The summed E-state index contributed by atoms with van der Waals surface area (Å²) < 4.78 is 28.1. The smallest absolute Gasteiger partial charge is 0.150 e. The Morgan fingerprint density at radius 2 is 2.28 bits per heavy atom. The van der Waals surface area contributed by atoms with Crippen LogP contribution in [-0.2, 0) is 14.6 Å². The van der Waals surface area contributed by atoms with Gasteiger partial charge in [-0.05, 0) is 43.2 Å². The van der Waals surface area contributed by atoms with E-state index < -0.39 is 9.84 Å². The molecule has 0 saturated carbocycles. The molecular formula is C12H25NO3S2. The van der Waals surface area contributed by atoms with E-state index in [1.165, 1.54) is 0 Å². The monoisotopic (exact) mass is 295 g/mol. The highest BCUT2D eigenvalue weighted by Crippen LogP contribution is 2.28.